The van der Waals surface area contributed by atoms with E-state index in [9.17, 15) is 0 Å². The van der Waals surface area contributed by atoms with Gasteiger partial charge in [-0.2, -0.15) is 4.98 Å². The van der Waals surface area contributed by atoms with Crippen molar-refractivity contribution in [3.63, 3.8) is 0 Å². The van der Waals surface area contributed by atoms with Gasteiger partial charge in [0, 0.05) is 10.8 Å². The summed E-state index contributed by atoms with van der Waals surface area (Å²) in [5.41, 5.74) is -0.0535. The number of aromatic nitrogens is 2. The minimum absolute atomic E-state index is 0.0174. The third-order valence-electron chi connectivity index (χ3n) is 2.56. The lowest BCUT2D eigenvalue weighted by molar-refractivity contribution is 0.297. The summed E-state index contributed by atoms with van der Waals surface area (Å²) in [6.07, 6.45) is 0.999. The summed E-state index contributed by atoms with van der Waals surface area (Å²) in [7, 11) is 0. The third kappa shape index (κ3) is 2.14. The van der Waals surface area contributed by atoms with Gasteiger partial charge in [0.2, 0.25) is 5.89 Å². The van der Waals surface area contributed by atoms with E-state index >= 15 is 0 Å². The molecule has 3 heteroatoms. The minimum Gasteiger partial charge on any atom is -0.339 e. The van der Waals surface area contributed by atoms with Crippen molar-refractivity contribution in [3.05, 3.63) is 11.7 Å². The van der Waals surface area contributed by atoms with Crippen molar-refractivity contribution in [1.82, 2.24) is 10.1 Å². The molecule has 0 aliphatic heterocycles. The maximum absolute atomic E-state index is 5.29. The van der Waals surface area contributed by atoms with Crippen LogP contribution in [0.3, 0.4) is 0 Å². The molecule has 1 heterocycles. The zero-order valence-corrected chi connectivity index (χ0v) is 10.0. The molecule has 0 saturated carbocycles. The molecule has 14 heavy (non-hydrogen) atoms. The molecule has 0 unspecified atom stereocenters. The lowest BCUT2D eigenvalue weighted by Crippen LogP contribution is -2.18. The molecule has 0 aliphatic carbocycles. The summed E-state index contributed by atoms with van der Waals surface area (Å²) in [6.45, 7) is 12.6. The Morgan fingerprint density at radius 2 is 1.71 bits per heavy atom. The first-order chi connectivity index (χ1) is 6.27. The number of nitrogens with zero attached hydrogens (tertiary/aromatic N) is 2. The van der Waals surface area contributed by atoms with Crippen molar-refractivity contribution in [2.24, 2.45) is 0 Å². The van der Waals surface area contributed by atoms with Crippen LogP contribution in [0.15, 0.2) is 4.52 Å². The Bertz CT molecular complexity index is 307. The van der Waals surface area contributed by atoms with Crippen LogP contribution < -0.4 is 0 Å². The van der Waals surface area contributed by atoms with Crippen molar-refractivity contribution in [1.29, 1.82) is 0 Å². The van der Waals surface area contributed by atoms with E-state index in [1.165, 1.54) is 0 Å². The van der Waals surface area contributed by atoms with Crippen LogP contribution in [0.2, 0.25) is 0 Å². The molecule has 0 amide bonds. The molecular formula is C11H20N2O. The number of hydrogen-bond acceptors (Lipinski definition) is 3. The van der Waals surface area contributed by atoms with Crippen LogP contribution in [0.1, 0.15) is 59.7 Å². The molecule has 0 radical (unpaired) electrons. The molecule has 0 aliphatic rings. The molecule has 0 spiro atoms. The van der Waals surface area contributed by atoms with E-state index in [1.807, 2.05) is 0 Å². The van der Waals surface area contributed by atoms with E-state index < -0.39 is 0 Å². The largest absolute Gasteiger partial charge is 0.339 e. The van der Waals surface area contributed by atoms with Gasteiger partial charge in [-0.1, -0.05) is 46.7 Å². The predicted octanol–water partition coefficient (Wildman–Crippen LogP) is 3.05. The highest BCUT2D eigenvalue weighted by Gasteiger charge is 2.28. The smallest absolute Gasteiger partial charge is 0.232 e. The van der Waals surface area contributed by atoms with Crippen LogP contribution >= 0.6 is 0 Å². The Morgan fingerprint density at radius 3 is 2.07 bits per heavy atom. The summed E-state index contributed by atoms with van der Waals surface area (Å²) in [5, 5.41) is 4.02. The Balaban J connectivity index is 3.00. The van der Waals surface area contributed by atoms with Gasteiger partial charge in [-0.15, -0.1) is 0 Å². The van der Waals surface area contributed by atoms with Gasteiger partial charge in [-0.05, 0) is 6.42 Å². The van der Waals surface area contributed by atoms with Crippen LogP contribution in [0.5, 0.6) is 0 Å². The van der Waals surface area contributed by atoms with Crippen LogP contribution in [0, 0.1) is 0 Å². The Labute approximate surface area is 85.9 Å². The van der Waals surface area contributed by atoms with Gasteiger partial charge in [0.25, 0.3) is 0 Å². The van der Waals surface area contributed by atoms with Gasteiger partial charge < -0.3 is 4.52 Å². The Morgan fingerprint density at radius 1 is 1.14 bits per heavy atom. The normalized spacial score (nSPS) is 13.3. The highest BCUT2D eigenvalue weighted by molar-refractivity contribution is 5.05. The highest BCUT2D eigenvalue weighted by Crippen LogP contribution is 2.27. The molecule has 0 atom stereocenters. The summed E-state index contributed by atoms with van der Waals surface area (Å²) in [4.78, 5) is 4.45. The molecule has 0 bridgehead atoms. The van der Waals surface area contributed by atoms with E-state index in [1.54, 1.807) is 0 Å². The summed E-state index contributed by atoms with van der Waals surface area (Å²) < 4.78 is 5.29. The number of rotatable bonds is 2. The predicted molar refractivity (Wildman–Crippen MR) is 56.3 cm³/mol. The van der Waals surface area contributed by atoms with Crippen LogP contribution in [-0.2, 0) is 10.8 Å². The van der Waals surface area contributed by atoms with E-state index in [0.29, 0.717) is 0 Å². The first-order valence-corrected chi connectivity index (χ1v) is 5.12. The van der Waals surface area contributed by atoms with Crippen molar-refractivity contribution < 1.29 is 4.52 Å². The molecule has 0 saturated heterocycles. The lowest BCUT2D eigenvalue weighted by atomic mass is 9.90. The fourth-order valence-corrected chi connectivity index (χ4v) is 0.954. The maximum atomic E-state index is 5.29. The average Bonchev–Trinajstić information content (AvgIpc) is 2.51. The fourth-order valence-electron chi connectivity index (χ4n) is 0.954. The maximum Gasteiger partial charge on any atom is 0.232 e. The first-order valence-electron chi connectivity index (χ1n) is 5.12. The minimum atomic E-state index is -0.0361. The highest BCUT2D eigenvalue weighted by atomic mass is 16.5. The standard InChI is InChI=1S/C11H20N2O/c1-7-11(5,6)9-12-8(13-14-9)10(2,3)4/h7H2,1-6H3. The fraction of sp³-hybridized carbons (Fsp3) is 0.818. The lowest BCUT2D eigenvalue weighted by Gasteiger charge is -2.16. The van der Waals surface area contributed by atoms with Gasteiger partial charge in [0.15, 0.2) is 5.82 Å². The molecule has 1 aromatic heterocycles. The van der Waals surface area contributed by atoms with Crippen LogP contribution in [-0.4, -0.2) is 10.1 Å². The second-order valence-electron chi connectivity index (χ2n) is 5.41. The average molecular weight is 196 g/mol. The molecule has 1 aromatic rings. The van der Waals surface area contributed by atoms with Gasteiger partial charge in [-0.3, -0.25) is 0 Å². The summed E-state index contributed by atoms with van der Waals surface area (Å²) in [5.74, 6) is 1.53. The van der Waals surface area contributed by atoms with Gasteiger partial charge in [0.05, 0.1) is 0 Å². The molecule has 1 rings (SSSR count). The van der Waals surface area contributed by atoms with Crippen molar-refractivity contribution in [3.8, 4) is 0 Å². The van der Waals surface area contributed by atoms with Crippen molar-refractivity contribution in [2.75, 3.05) is 0 Å². The summed E-state index contributed by atoms with van der Waals surface area (Å²) >= 11 is 0. The van der Waals surface area contributed by atoms with E-state index in [-0.39, 0.29) is 10.8 Å². The quantitative estimate of drug-likeness (QED) is 0.729. The molecule has 80 valence electrons. The zero-order valence-electron chi connectivity index (χ0n) is 10.0. The molecule has 0 N–H and O–H groups in total. The second-order valence-corrected chi connectivity index (χ2v) is 5.41. The monoisotopic (exact) mass is 196 g/mol. The Hall–Kier alpha value is -0.860. The van der Waals surface area contributed by atoms with Crippen molar-refractivity contribution in [2.45, 2.75) is 58.8 Å². The van der Waals surface area contributed by atoms with E-state index in [0.717, 1.165) is 18.1 Å². The van der Waals surface area contributed by atoms with Crippen LogP contribution in [0.25, 0.3) is 0 Å². The zero-order chi connectivity index (χ0) is 11.0. The molecule has 3 nitrogen and oxygen atoms in total. The third-order valence-corrected chi connectivity index (χ3v) is 2.56. The molecule has 0 fully saturated rings. The first kappa shape index (κ1) is 11.2. The van der Waals surface area contributed by atoms with E-state index in [4.69, 9.17) is 4.52 Å². The van der Waals surface area contributed by atoms with Crippen LogP contribution in [0.4, 0.5) is 0 Å². The molecular weight excluding hydrogens is 176 g/mol. The number of hydrogen-bond donors (Lipinski definition) is 0. The van der Waals surface area contributed by atoms with Crippen molar-refractivity contribution >= 4 is 0 Å². The summed E-state index contributed by atoms with van der Waals surface area (Å²) in [6, 6.07) is 0. The molecule has 0 aromatic carbocycles. The van der Waals surface area contributed by atoms with E-state index in [2.05, 4.69) is 51.7 Å². The Kier molecular flexibility index (Phi) is 2.70. The van der Waals surface area contributed by atoms with Gasteiger partial charge in [0.1, 0.15) is 0 Å². The SMILES string of the molecule is CCC(C)(C)c1nc(C(C)(C)C)no1. The van der Waals surface area contributed by atoms with Gasteiger partial charge in [-0.25, -0.2) is 0 Å². The van der Waals surface area contributed by atoms with Gasteiger partial charge >= 0.3 is 0 Å². The topological polar surface area (TPSA) is 38.9 Å². The second kappa shape index (κ2) is 3.37.